The van der Waals surface area contributed by atoms with E-state index in [2.05, 4.69) is 16.7 Å². The molecule has 0 radical (unpaired) electrons. The van der Waals surface area contributed by atoms with Gasteiger partial charge >= 0.3 is 6.09 Å². The summed E-state index contributed by atoms with van der Waals surface area (Å²) < 4.78 is 6.75. The predicted octanol–water partition coefficient (Wildman–Crippen LogP) is 3.10. The van der Waals surface area contributed by atoms with E-state index in [1.54, 1.807) is 11.0 Å². The zero-order valence-electron chi connectivity index (χ0n) is 18.4. The first-order chi connectivity index (χ1) is 15.1. The number of nitrogens with zero attached hydrogens (tertiary/aromatic N) is 5. The Hall–Kier alpha value is -3.40. The molecule has 0 atom stereocenters. The summed E-state index contributed by atoms with van der Waals surface area (Å²) in [6.07, 6.45) is 1.39. The van der Waals surface area contributed by atoms with Gasteiger partial charge in [0.1, 0.15) is 16.4 Å². The Labute approximate surface area is 189 Å². The van der Waals surface area contributed by atoms with E-state index in [-0.39, 0.29) is 11.7 Å². The maximum absolute atomic E-state index is 12.7. The topological polar surface area (TPSA) is 106 Å². The van der Waals surface area contributed by atoms with Crippen LogP contribution < -0.4 is 16.2 Å². The molecule has 0 aliphatic carbocycles. The molecule has 1 aliphatic rings. The molecule has 32 heavy (non-hydrogen) atoms. The van der Waals surface area contributed by atoms with Crippen LogP contribution in [-0.4, -0.2) is 57.4 Å². The first kappa shape index (κ1) is 21.8. The van der Waals surface area contributed by atoms with E-state index in [4.69, 9.17) is 10.5 Å². The fourth-order valence-corrected chi connectivity index (χ4v) is 4.33. The van der Waals surface area contributed by atoms with E-state index in [9.17, 15) is 9.59 Å². The van der Waals surface area contributed by atoms with Crippen LogP contribution in [0.15, 0.2) is 35.6 Å². The average molecular weight is 455 g/mol. The van der Waals surface area contributed by atoms with Gasteiger partial charge in [0, 0.05) is 43.5 Å². The molecular weight excluding hydrogens is 428 g/mol. The zero-order chi connectivity index (χ0) is 23.0. The number of amides is 1. The second-order valence-corrected chi connectivity index (χ2v) is 9.56. The van der Waals surface area contributed by atoms with Gasteiger partial charge in [-0.3, -0.25) is 4.79 Å². The molecule has 0 unspecified atom stereocenters. The van der Waals surface area contributed by atoms with Crippen LogP contribution in [-0.2, 0) is 4.74 Å². The number of hydrogen-bond donors (Lipinski definition) is 1. The van der Waals surface area contributed by atoms with Gasteiger partial charge in [-0.15, -0.1) is 0 Å². The van der Waals surface area contributed by atoms with Gasteiger partial charge in [-0.1, -0.05) is 24.0 Å². The molecule has 1 saturated heterocycles. The molecule has 9 nitrogen and oxygen atoms in total. The molecule has 0 spiro atoms. The van der Waals surface area contributed by atoms with Crippen molar-refractivity contribution in [3.05, 3.63) is 46.8 Å². The monoisotopic (exact) mass is 454 g/mol. The van der Waals surface area contributed by atoms with Gasteiger partial charge in [0.25, 0.3) is 5.56 Å². The number of carbonyl (C=O) groups excluding carboxylic acids is 1. The van der Waals surface area contributed by atoms with Gasteiger partial charge in [0.15, 0.2) is 0 Å². The van der Waals surface area contributed by atoms with E-state index in [1.807, 2.05) is 43.9 Å². The van der Waals surface area contributed by atoms with Crippen LogP contribution >= 0.6 is 11.3 Å². The smallest absolute Gasteiger partial charge is 0.410 e. The zero-order valence-corrected chi connectivity index (χ0v) is 19.2. The van der Waals surface area contributed by atoms with Crippen LogP contribution in [0.2, 0.25) is 0 Å². The average Bonchev–Trinajstić information content (AvgIpc) is 3.17. The Kier molecular flexibility index (Phi) is 5.64. The van der Waals surface area contributed by atoms with Gasteiger partial charge in [-0.05, 0) is 44.5 Å². The molecule has 1 amide bonds. The number of hydrogen-bond acceptors (Lipinski definition) is 8. The highest BCUT2D eigenvalue weighted by Gasteiger charge is 2.27. The summed E-state index contributed by atoms with van der Waals surface area (Å²) in [5.41, 5.74) is 7.48. The Morgan fingerprint density at radius 1 is 1.19 bits per heavy atom. The molecule has 1 aliphatic heterocycles. The van der Waals surface area contributed by atoms with Crippen molar-refractivity contribution >= 4 is 40.0 Å². The van der Waals surface area contributed by atoms with Gasteiger partial charge < -0.3 is 20.3 Å². The number of piperazine rings is 1. The highest BCUT2D eigenvalue weighted by Crippen LogP contribution is 2.28. The van der Waals surface area contributed by atoms with E-state index in [0.29, 0.717) is 47.7 Å². The summed E-state index contributed by atoms with van der Waals surface area (Å²) in [5.74, 6) is 0.577. The van der Waals surface area contributed by atoms with Crippen molar-refractivity contribution in [3.8, 4) is 10.6 Å². The van der Waals surface area contributed by atoms with Gasteiger partial charge in [-0.25, -0.2) is 9.78 Å². The lowest BCUT2D eigenvalue weighted by Crippen LogP contribution is -2.50. The Morgan fingerprint density at radius 2 is 1.91 bits per heavy atom. The molecule has 2 N–H and O–H groups in total. The number of nitrogen functional groups attached to an aromatic ring is 1. The molecule has 1 fully saturated rings. The minimum absolute atomic E-state index is 0.255. The highest BCUT2D eigenvalue weighted by atomic mass is 32.1. The second-order valence-electron chi connectivity index (χ2n) is 8.60. The number of carbonyl (C=O) groups is 1. The largest absolute Gasteiger partial charge is 0.444 e. The van der Waals surface area contributed by atoms with Crippen LogP contribution in [0.1, 0.15) is 26.3 Å². The number of nitrogens with two attached hydrogens (primary N) is 1. The molecule has 3 heterocycles. The lowest BCUT2D eigenvalue weighted by Gasteiger charge is -2.36. The summed E-state index contributed by atoms with van der Waals surface area (Å²) in [6, 6.07) is 7.03. The molecule has 0 bridgehead atoms. The van der Waals surface area contributed by atoms with Crippen molar-refractivity contribution in [1.82, 2.24) is 19.5 Å². The fraction of sp³-hybridized carbons (Fsp3) is 0.364. The highest BCUT2D eigenvalue weighted by molar-refractivity contribution is 7.19. The van der Waals surface area contributed by atoms with E-state index in [0.717, 1.165) is 11.1 Å². The minimum Gasteiger partial charge on any atom is -0.444 e. The molecule has 2 aromatic heterocycles. The van der Waals surface area contributed by atoms with Crippen molar-refractivity contribution in [1.29, 1.82) is 0 Å². The lowest BCUT2D eigenvalue weighted by atomic mass is 10.1. The van der Waals surface area contributed by atoms with Crippen LogP contribution in [0.25, 0.3) is 21.6 Å². The summed E-state index contributed by atoms with van der Waals surface area (Å²) in [4.78, 5) is 33.8. The van der Waals surface area contributed by atoms with Crippen molar-refractivity contribution in [2.75, 3.05) is 36.8 Å². The second kappa shape index (κ2) is 8.27. The number of aromatic nitrogens is 3. The van der Waals surface area contributed by atoms with Crippen LogP contribution in [0.4, 0.5) is 16.3 Å². The quantitative estimate of drug-likeness (QED) is 0.606. The predicted molar refractivity (Wildman–Crippen MR) is 127 cm³/mol. The van der Waals surface area contributed by atoms with Gasteiger partial charge in [0.2, 0.25) is 4.96 Å². The summed E-state index contributed by atoms with van der Waals surface area (Å²) in [7, 11) is 0. The SMILES string of the molecule is C=Cc1cc(N)cc(-c2nn3c(=O)cc(N4CCN(C(=O)OC(C)(C)C)CC4)nc3s2)c1. The first-order valence-corrected chi connectivity index (χ1v) is 11.1. The fourth-order valence-electron chi connectivity index (χ4n) is 3.44. The molecule has 0 saturated carbocycles. The maximum atomic E-state index is 12.7. The maximum Gasteiger partial charge on any atom is 0.410 e. The van der Waals surface area contributed by atoms with Crippen molar-refractivity contribution in [3.63, 3.8) is 0 Å². The number of rotatable bonds is 3. The van der Waals surface area contributed by atoms with Crippen LogP contribution in [0.3, 0.4) is 0 Å². The van der Waals surface area contributed by atoms with E-state index < -0.39 is 5.60 Å². The number of anilines is 2. The number of benzene rings is 1. The Morgan fingerprint density at radius 3 is 2.56 bits per heavy atom. The molecular formula is C22H26N6O3S. The van der Waals surface area contributed by atoms with Crippen LogP contribution in [0.5, 0.6) is 0 Å². The van der Waals surface area contributed by atoms with E-state index >= 15 is 0 Å². The third-order valence-corrected chi connectivity index (χ3v) is 5.90. The summed E-state index contributed by atoms with van der Waals surface area (Å²) in [5, 5.41) is 5.09. The summed E-state index contributed by atoms with van der Waals surface area (Å²) >= 11 is 1.32. The minimum atomic E-state index is -0.533. The molecule has 168 valence electrons. The third-order valence-electron chi connectivity index (χ3n) is 4.95. The van der Waals surface area contributed by atoms with E-state index in [1.165, 1.54) is 21.9 Å². The Balaban J connectivity index is 1.56. The number of ether oxygens (including phenoxy) is 1. The van der Waals surface area contributed by atoms with Crippen LogP contribution in [0, 0.1) is 0 Å². The van der Waals surface area contributed by atoms with Crippen molar-refractivity contribution in [2.24, 2.45) is 0 Å². The summed E-state index contributed by atoms with van der Waals surface area (Å²) in [6.45, 7) is 11.4. The third kappa shape index (κ3) is 4.59. The standard InChI is InChI=1S/C22H26N6O3S/c1-5-14-10-15(12-16(23)11-14)19-25-28-18(29)13-17(24-20(28)32-19)26-6-8-27(9-7-26)21(30)31-22(2,3)4/h5,10-13H,1,6-9,23H2,2-4H3. The van der Waals surface area contributed by atoms with Gasteiger partial charge in [0.05, 0.1) is 0 Å². The molecule has 1 aromatic carbocycles. The molecule has 4 rings (SSSR count). The van der Waals surface area contributed by atoms with Gasteiger partial charge in [-0.2, -0.15) is 9.61 Å². The number of fused-ring (bicyclic) bond motifs is 1. The van der Waals surface area contributed by atoms with Crippen molar-refractivity contribution < 1.29 is 9.53 Å². The van der Waals surface area contributed by atoms with Crippen molar-refractivity contribution in [2.45, 2.75) is 26.4 Å². The Bertz CT molecular complexity index is 1230. The molecule has 3 aromatic rings. The lowest BCUT2D eigenvalue weighted by molar-refractivity contribution is 0.0240. The first-order valence-electron chi connectivity index (χ1n) is 10.3. The normalized spacial score (nSPS) is 14.6. The molecule has 10 heteroatoms.